The Morgan fingerprint density at radius 1 is 1.09 bits per heavy atom. The number of hydrogen-bond acceptors (Lipinski definition) is 5. The molecule has 1 aromatic heterocycles. The molecule has 32 heavy (non-hydrogen) atoms. The van der Waals surface area contributed by atoms with Crippen LogP contribution in [0.4, 0.5) is 5.69 Å². The van der Waals surface area contributed by atoms with Crippen LogP contribution in [0, 0.1) is 13.8 Å². The lowest BCUT2D eigenvalue weighted by atomic mass is 10.1. The number of amides is 1. The zero-order valence-corrected chi connectivity index (χ0v) is 19.8. The predicted octanol–water partition coefficient (Wildman–Crippen LogP) is 6.13. The van der Waals surface area contributed by atoms with Crippen LogP contribution in [-0.2, 0) is 4.79 Å². The largest absolute Gasteiger partial charge is 0.483 e. The molecule has 0 aliphatic rings. The highest BCUT2D eigenvalue weighted by Crippen LogP contribution is 2.32. The van der Waals surface area contributed by atoms with E-state index in [1.165, 1.54) is 0 Å². The van der Waals surface area contributed by atoms with E-state index in [2.05, 4.69) is 22.8 Å². The topological polar surface area (TPSA) is 63.2 Å². The number of benzene rings is 3. The maximum absolute atomic E-state index is 12.2. The van der Waals surface area contributed by atoms with E-state index in [0.29, 0.717) is 10.8 Å². The number of nitrogens with zero attached hydrogens (tertiary/aromatic N) is 1. The number of aryl methyl sites for hydroxylation is 2. The van der Waals surface area contributed by atoms with Gasteiger partial charge in [0, 0.05) is 16.3 Å². The normalized spacial score (nSPS) is 10.7. The van der Waals surface area contributed by atoms with Gasteiger partial charge in [-0.3, -0.25) is 10.1 Å². The molecule has 0 saturated heterocycles. The number of fused-ring (bicyclic) bond motifs is 1. The lowest BCUT2D eigenvalue weighted by Gasteiger charge is -2.13. The summed E-state index contributed by atoms with van der Waals surface area (Å²) in [5.74, 6) is 0.255. The van der Waals surface area contributed by atoms with Gasteiger partial charge in [-0.2, -0.15) is 0 Å². The highest BCUT2D eigenvalue weighted by molar-refractivity contribution is 7.80. The molecule has 0 atom stereocenters. The Labute approximate surface area is 200 Å². The Bertz CT molecular complexity index is 1290. The number of aromatic nitrogens is 1. The monoisotopic (exact) mass is 481 g/mol. The van der Waals surface area contributed by atoms with Crippen molar-refractivity contribution in [2.24, 2.45) is 0 Å². The molecule has 0 unspecified atom stereocenters. The first kappa shape index (κ1) is 22.2. The van der Waals surface area contributed by atoms with Gasteiger partial charge in [-0.25, -0.2) is 4.98 Å². The van der Waals surface area contributed by atoms with E-state index < -0.39 is 0 Å². The third-order valence-electron chi connectivity index (χ3n) is 4.76. The average molecular weight is 482 g/mol. The third kappa shape index (κ3) is 5.24. The Hall–Kier alpha value is -3.00. The number of anilines is 1. The lowest BCUT2D eigenvalue weighted by molar-refractivity contribution is -0.121. The summed E-state index contributed by atoms with van der Waals surface area (Å²) in [5.41, 5.74) is 4.69. The maximum atomic E-state index is 12.2. The highest BCUT2D eigenvalue weighted by atomic mass is 35.5. The van der Waals surface area contributed by atoms with E-state index in [1.807, 2.05) is 44.2 Å². The van der Waals surface area contributed by atoms with Gasteiger partial charge in [0.1, 0.15) is 10.8 Å². The van der Waals surface area contributed by atoms with Gasteiger partial charge in [-0.15, -0.1) is 11.3 Å². The third-order valence-corrected chi connectivity index (χ3v) is 6.29. The van der Waals surface area contributed by atoms with E-state index >= 15 is 0 Å². The number of carbonyl (C=O) groups excluding carboxylic acids is 1. The summed E-state index contributed by atoms with van der Waals surface area (Å²) >= 11 is 12.9. The molecule has 0 radical (unpaired) electrons. The van der Waals surface area contributed by atoms with Gasteiger partial charge >= 0.3 is 0 Å². The Kier molecular flexibility index (Phi) is 6.69. The molecule has 162 valence electrons. The van der Waals surface area contributed by atoms with E-state index in [0.717, 1.165) is 37.6 Å². The van der Waals surface area contributed by atoms with Crippen molar-refractivity contribution in [3.8, 4) is 16.3 Å². The molecule has 4 rings (SSSR count). The van der Waals surface area contributed by atoms with Crippen molar-refractivity contribution in [1.82, 2.24) is 10.3 Å². The number of halogens is 1. The summed E-state index contributed by atoms with van der Waals surface area (Å²) in [7, 11) is 0. The molecular weight excluding hydrogens is 462 g/mol. The molecule has 8 heteroatoms. The molecule has 0 bridgehead atoms. The van der Waals surface area contributed by atoms with Crippen LogP contribution in [0.2, 0.25) is 5.02 Å². The van der Waals surface area contributed by atoms with Crippen molar-refractivity contribution < 1.29 is 9.53 Å². The first-order chi connectivity index (χ1) is 15.4. The predicted molar refractivity (Wildman–Crippen MR) is 136 cm³/mol. The first-order valence-corrected chi connectivity index (χ1v) is 11.5. The number of thiazole rings is 1. The van der Waals surface area contributed by atoms with E-state index in [1.54, 1.807) is 29.5 Å². The molecule has 2 N–H and O–H groups in total. The number of hydrogen-bond donors (Lipinski definition) is 2. The van der Waals surface area contributed by atoms with Crippen molar-refractivity contribution in [2.75, 3.05) is 11.9 Å². The quantitative estimate of drug-likeness (QED) is 0.336. The second kappa shape index (κ2) is 9.65. The molecule has 3 aromatic carbocycles. The minimum atomic E-state index is -0.347. The van der Waals surface area contributed by atoms with E-state index in [-0.39, 0.29) is 17.6 Å². The fourth-order valence-electron chi connectivity index (χ4n) is 3.17. The van der Waals surface area contributed by atoms with Crippen LogP contribution >= 0.6 is 35.2 Å². The smallest absolute Gasteiger partial charge is 0.264 e. The Morgan fingerprint density at radius 3 is 2.66 bits per heavy atom. The van der Waals surface area contributed by atoms with Crippen LogP contribution in [0.1, 0.15) is 11.1 Å². The second-order valence-corrected chi connectivity index (χ2v) is 9.09. The van der Waals surface area contributed by atoms with Gasteiger partial charge in [-0.05, 0) is 85.7 Å². The number of para-hydroxylation sites is 1. The van der Waals surface area contributed by atoms with Crippen LogP contribution in [0.15, 0.2) is 60.7 Å². The molecule has 5 nitrogen and oxygen atoms in total. The minimum Gasteiger partial charge on any atom is -0.483 e. The van der Waals surface area contributed by atoms with Crippen LogP contribution in [0.5, 0.6) is 5.75 Å². The van der Waals surface area contributed by atoms with Gasteiger partial charge in [0.25, 0.3) is 5.91 Å². The molecule has 1 amide bonds. The van der Waals surface area contributed by atoms with Crippen LogP contribution < -0.4 is 15.4 Å². The lowest BCUT2D eigenvalue weighted by Crippen LogP contribution is -2.37. The standard InChI is InChI=1S/C24H20ClN3O2S2/c1-14-11-16(23-26-19-5-3-4-6-21(19)32-23)7-9-18(14)27-24(31)28-22(29)13-30-20-10-8-17(25)12-15(20)2/h3-12H,13H2,1-2H3,(H2,27,28,29,31). The van der Waals surface area contributed by atoms with Gasteiger partial charge in [0.15, 0.2) is 11.7 Å². The molecule has 0 fully saturated rings. The van der Waals surface area contributed by atoms with Crippen molar-refractivity contribution >= 4 is 62.1 Å². The van der Waals surface area contributed by atoms with Crippen molar-refractivity contribution in [2.45, 2.75) is 13.8 Å². The van der Waals surface area contributed by atoms with E-state index in [9.17, 15) is 4.79 Å². The number of nitrogens with one attached hydrogen (secondary N) is 2. The molecule has 0 saturated carbocycles. The van der Waals surface area contributed by atoms with Crippen molar-refractivity contribution in [3.05, 3.63) is 76.8 Å². The fourth-order valence-corrected chi connectivity index (χ4v) is 4.58. The number of ether oxygens (including phenoxy) is 1. The molecule has 0 aliphatic heterocycles. The van der Waals surface area contributed by atoms with Crippen LogP contribution in [0.25, 0.3) is 20.8 Å². The summed E-state index contributed by atoms with van der Waals surface area (Å²) in [5, 5.41) is 7.51. The Morgan fingerprint density at radius 2 is 1.91 bits per heavy atom. The van der Waals surface area contributed by atoms with Crippen LogP contribution in [0.3, 0.4) is 0 Å². The maximum Gasteiger partial charge on any atom is 0.264 e. The van der Waals surface area contributed by atoms with Crippen LogP contribution in [-0.4, -0.2) is 22.6 Å². The summed E-state index contributed by atoms with van der Waals surface area (Å²) < 4.78 is 6.71. The molecule has 1 heterocycles. The Balaban J connectivity index is 1.36. The van der Waals surface area contributed by atoms with Crippen molar-refractivity contribution in [1.29, 1.82) is 0 Å². The van der Waals surface area contributed by atoms with E-state index in [4.69, 9.17) is 33.5 Å². The zero-order valence-electron chi connectivity index (χ0n) is 17.4. The molecular formula is C24H20ClN3O2S2. The SMILES string of the molecule is Cc1cc(-c2nc3ccccc3s2)ccc1NC(=S)NC(=O)COc1ccc(Cl)cc1C. The average Bonchev–Trinajstić information content (AvgIpc) is 3.19. The van der Waals surface area contributed by atoms with Gasteiger partial charge in [-0.1, -0.05) is 23.7 Å². The first-order valence-electron chi connectivity index (χ1n) is 9.85. The van der Waals surface area contributed by atoms with Gasteiger partial charge in [0.05, 0.1) is 10.2 Å². The molecule has 4 aromatic rings. The number of thiocarbonyl (C=S) groups is 1. The number of rotatable bonds is 5. The van der Waals surface area contributed by atoms with Gasteiger partial charge in [0.2, 0.25) is 0 Å². The molecule has 0 aliphatic carbocycles. The zero-order chi connectivity index (χ0) is 22.7. The number of carbonyl (C=O) groups is 1. The minimum absolute atomic E-state index is 0.153. The second-order valence-electron chi connectivity index (χ2n) is 7.22. The van der Waals surface area contributed by atoms with Crippen molar-refractivity contribution in [3.63, 3.8) is 0 Å². The molecule has 0 spiro atoms. The highest BCUT2D eigenvalue weighted by Gasteiger charge is 2.11. The summed E-state index contributed by atoms with van der Waals surface area (Å²) in [6.45, 7) is 3.70. The summed E-state index contributed by atoms with van der Waals surface area (Å²) in [6.07, 6.45) is 0. The fraction of sp³-hybridized carbons (Fsp3) is 0.125. The van der Waals surface area contributed by atoms with Gasteiger partial charge < -0.3 is 10.1 Å². The summed E-state index contributed by atoms with van der Waals surface area (Å²) in [4.78, 5) is 16.9. The summed E-state index contributed by atoms with van der Waals surface area (Å²) in [6, 6.07) is 19.3.